The van der Waals surface area contributed by atoms with E-state index < -0.39 is 17.9 Å². The molecule has 2 amide bonds. The Balaban J connectivity index is 2.07. The van der Waals surface area contributed by atoms with Crippen LogP contribution in [0.5, 0.6) is 0 Å². The van der Waals surface area contributed by atoms with Gasteiger partial charge >= 0.3 is 5.97 Å². The number of nitrogens with zero attached hydrogens (tertiary/aromatic N) is 1. The fourth-order valence-corrected chi connectivity index (χ4v) is 3.20. The molecule has 2 N–H and O–H groups in total. The minimum atomic E-state index is -1.15. The van der Waals surface area contributed by atoms with Gasteiger partial charge in [0, 0.05) is 0 Å². The molecule has 0 radical (unpaired) electrons. The molecule has 126 valence electrons. The number of aliphatic carboxylic acids is 1. The van der Waals surface area contributed by atoms with E-state index in [1.807, 2.05) is 31.2 Å². The van der Waals surface area contributed by atoms with E-state index in [-0.39, 0.29) is 16.8 Å². The molecule has 6 nitrogen and oxygen atoms in total. The largest absolute Gasteiger partial charge is 0.480 e. The standard InChI is InChI=1S/C16H16N2O4S2/c1-9-3-5-11(6-4-9)7-12-14(20)18(16(23)24-12)8-13(19)17-10(2)15(21)22/h3-7,10H,8H2,1-2H3,(H,17,19)(H,21,22)/b12-7+/t10-/m1/s1. The maximum atomic E-state index is 12.4. The van der Waals surface area contributed by atoms with Crippen molar-refractivity contribution in [3.63, 3.8) is 0 Å². The van der Waals surface area contributed by atoms with E-state index in [1.54, 1.807) is 6.08 Å². The summed E-state index contributed by atoms with van der Waals surface area (Å²) in [5, 5.41) is 11.1. The van der Waals surface area contributed by atoms with Crippen LogP contribution >= 0.6 is 24.0 Å². The second-order valence-electron chi connectivity index (χ2n) is 5.31. The van der Waals surface area contributed by atoms with Crippen molar-refractivity contribution in [1.82, 2.24) is 10.2 Å². The van der Waals surface area contributed by atoms with E-state index in [9.17, 15) is 14.4 Å². The molecule has 1 aromatic carbocycles. The summed E-state index contributed by atoms with van der Waals surface area (Å²) in [6.07, 6.45) is 1.72. The van der Waals surface area contributed by atoms with Crippen molar-refractivity contribution in [2.75, 3.05) is 6.54 Å². The number of aryl methyl sites for hydroxylation is 1. The molecule has 1 saturated heterocycles. The molecular formula is C16H16N2O4S2. The van der Waals surface area contributed by atoms with Gasteiger partial charge in [0.15, 0.2) is 0 Å². The lowest BCUT2D eigenvalue weighted by Gasteiger charge is -2.15. The molecule has 1 aliphatic rings. The zero-order valence-corrected chi connectivity index (χ0v) is 14.7. The zero-order chi connectivity index (χ0) is 17.9. The third kappa shape index (κ3) is 4.42. The van der Waals surface area contributed by atoms with Gasteiger partial charge in [0.05, 0.1) is 4.91 Å². The van der Waals surface area contributed by atoms with Gasteiger partial charge in [-0.25, -0.2) is 0 Å². The third-order valence-corrected chi connectivity index (χ3v) is 4.68. The smallest absolute Gasteiger partial charge is 0.325 e. The van der Waals surface area contributed by atoms with Gasteiger partial charge in [-0.2, -0.15) is 0 Å². The molecular weight excluding hydrogens is 348 g/mol. The Kier molecular flexibility index (Phi) is 5.74. The molecule has 1 atom stereocenters. The van der Waals surface area contributed by atoms with Gasteiger partial charge < -0.3 is 10.4 Å². The van der Waals surface area contributed by atoms with Gasteiger partial charge in [-0.05, 0) is 25.5 Å². The Bertz CT molecular complexity index is 728. The van der Waals surface area contributed by atoms with E-state index in [2.05, 4.69) is 5.32 Å². The van der Waals surface area contributed by atoms with Crippen molar-refractivity contribution in [1.29, 1.82) is 0 Å². The van der Waals surface area contributed by atoms with Crippen LogP contribution in [0.15, 0.2) is 29.2 Å². The van der Waals surface area contributed by atoms with Crippen LogP contribution in [0, 0.1) is 6.92 Å². The predicted molar refractivity (Wildman–Crippen MR) is 96.3 cm³/mol. The number of benzene rings is 1. The predicted octanol–water partition coefficient (Wildman–Crippen LogP) is 1.79. The van der Waals surface area contributed by atoms with Gasteiger partial charge in [-0.1, -0.05) is 53.8 Å². The van der Waals surface area contributed by atoms with Gasteiger partial charge in [-0.15, -0.1) is 0 Å². The van der Waals surface area contributed by atoms with Crippen molar-refractivity contribution >= 4 is 52.2 Å². The molecule has 1 heterocycles. The number of thioether (sulfide) groups is 1. The number of nitrogens with one attached hydrogen (secondary N) is 1. The molecule has 1 aromatic rings. The van der Waals surface area contributed by atoms with Crippen molar-refractivity contribution in [2.45, 2.75) is 19.9 Å². The van der Waals surface area contributed by atoms with Crippen LogP contribution in [0.4, 0.5) is 0 Å². The number of carbonyl (C=O) groups excluding carboxylic acids is 2. The number of thiocarbonyl (C=S) groups is 1. The lowest BCUT2D eigenvalue weighted by atomic mass is 10.1. The van der Waals surface area contributed by atoms with Crippen LogP contribution in [-0.4, -0.2) is 44.7 Å². The van der Waals surface area contributed by atoms with Crippen LogP contribution in [-0.2, 0) is 14.4 Å². The Morgan fingerprint density at radius 1 is 1.38 bits per heavy atom. The number of carboxylic acids is 1. The molecule has 1 aliphatic heterocycles. The van der Waals surface area contributed by atoms with Crippen molar-refractivity contribution in [2.24, 2.45) is 0 Å². The average molecular weight is 364 g/mol. The van der Waals surface area contributed by atoms with E-state index in [0.717, 1.165) is 22.9 Å². The van der Waals surface area contributed by atoms with Crippen molar-refractivity contribution in [3.8, 4) is 0 Å². The third-order valence-electron chi connectivity index (χ3n) is 3.30. The van der Waals surface area contributed by atoms with Gasteiger partial charge in [0.25, 0.3) is 5.91 Å². The van der Waals surface area contributed by atoms with E-state index in [0.29, 0.717) is 4.91 Å². The second-order valence-corrected chi connectivity index (χ2v) is 6.98. The monoisotopic (exact) mass is 364 g/mol. The second kappa shape index (κ2) is 7.59. The summed E-state index contributed by atoms with van der Waals surface area (Å²) < 4.78 is 0.275. The van der Waals surface area contributed by atoms with E-state index in [1.165, 1.54) is 11.8 Å². The fraction of sp³-hybridized carbons (Fsp3) is 0.250. The molecule has 0 unspecified atom stereocenters. The molecule has 8 heteroatoms. The van der Waals surface area contributed by atoms with Crippen LogP contribution in [0.3, 0.4) is 0 Å². The first-order valence-corrected chi connectivity index (χ1v) is 8.34. The first kappa shape index (κ1) is 18.2. The summed E-state index contributed by atoms with van der Waals surface area (Å²) in [7, 11) is 0. The highest BCUT2D eigenvalue weighted by Crippen LogP contribution is 2.32. The molecule has 0 bridgehead atoms. The number of amides is 2. The van der Waals surface area contributed by atoms with Crippen LogP contribution in [0.2, 0.25) is 0 Å². The maximum absolute atomic E-state index is 12.4. The highest BCUT2D eigenvalue weighted by atomic mass is 32.2. The Labute approximate surface area is 148 Å². The van der Waals surface area contributed by atoms with Gasteiger partial charge in [0.1, 0.15) is 16.9 Å². The molecule has 0 aliphatic carbocycles. The number of rotatable bonds is 5. The maximum Gasteiger partial charge on any atom is 0.325 e. The molecule has 24 heavy (non-hydrogen) atoms. The highest BCUT2D eigenvalue weighted by molar-refractivity contribution is 8.26. The molecule has 0 aromatic heterocycles. The molecule has 1 fully saturated rings. The first-order chi connectivity index (χ1) is 11.3. The first-order valence-electron chi connectivity index (χ1n) is 7.12. The summed E-state index contributed by atoms with van der Waals surface area (Å²) in [4.78, 5) is 36.6. The summed E-state index contributed by atoms with van der Waals surface area (Å²) in [6.45, 7) is 3.02. The number of carboxylic acid groups (broad SMARTS) is 1. The van der Waals surface area contributed by atoms with Crippen LogP contribution < -0.4 is 5.32 Å². The SMILES string of the molecule is Cc1ccc(/C=C2/SC(=S)N(CC(=O)N[C@H](C)C(=O)O)C2=O)cc1. The van der Waals surface area contributed by atoms with Gasteiger partial charge in [0.2, 0.25) is 5.91 Å². The normalized spacial score (nSPS) is 17.2. The molecule has 2 rings (SSSR count). The topological polar surface area (TPSA) is 86.7 Å². The van der Waals surface area contributed by atoms with Crippen molar-refractivity contribution < 1.29 is 19.5 Å². The van der Waals surface area contributed by atoms with Crippen LogP contribution in [0.25, 0.3) is 6.08 Å². The lowest BCUT2D eigenvalue weighted by Crippen LogP contribution is -2.45. The quantitative estimate of drug-likeness (QED) is 0.612. The van der Waals surface area contributed by atoms with E-state index >= 15 is 0 Å². The Hall–Kier alpha value is -2.19. The summed E-state index contributed by atoms with van der Waals surface area (Å²) in [5.74, 6) is -2.07. The zero-order valence-electron chi connectivity index (χ0n) is 13.1. The van der Waals surface area contributed by atoms with Crippen molar-refractivity contribution in [3.05, 3.63) is 40.3 Å². The summed E-state index contributed by atoms with van der Waals surface area (Å²) in [5.41, 5.74) is 1.98. The average Bonchev–Trinajstić information content (AvgIpc) is 2.77. The Morgan fingerprint density at radius 3 is 2.58 bits per heavy atom. The highest BCUT2D eigenvalue weighted by Gasteiger charge is 2.33. The lowest BCUT2D eigenvalue weighted by molar-refractivity contribution is -0.141. The Morgan fingerprint density at radius 2 is 2.00 bits per heavy atom. The minimum Gasteiger partial charge on any atom is -0.480 e. The number of carbonyl (C=O) groups is 3. The van der Waals surface area contributed by atoms with Gasteiger partial charge in [-0.3, -0.25) is 19.3 Å². The summed E-state index contributed by atoms with van der Waals surface area (Å²) >= 11 is 6.27. The summed E-state index contributed by atoms with van der Waals surface area (Å²) in [6, 6.07) is 6.63. The fourth-order valence-electron chi connectivity index (χ4n) is 1.94. The molecule has 0 spiro atoms. The number of hydrogen-bond acceptors (Lipinski definition) is 5. The van der Waals surface area contributed by atoms with Crippen LogP contribution in [0.1, 0.15) is 18.1 Å². The molecule has 0 saturated carbocycles. The minimum absolute atomic E-state index is 0.275. The van der Waals surface area contributed by atoms with E-state index in [4.69, 9.17) is 17.3 Å². The number of hydrogen-bond donors (Lipinski definition) is 2.